The Labute approximate surface area is 182 Å². The van der Waals surface area contributed by atoms with E-state index in [-0.39, 0.29) is 17.7 Å². The van der Waals surface area contributed by atoms with Crippen LogP contribution in [0.2, 0.25) is 0 Å². The zero-order chi connectivity index (χ0) is 22.5. The molecular weight excluding hydrogens is 396 g/mol. The topological polar surface area (TPSA) is 92.8 Å². The summed E-state index contributed by atoms with van der Waals surface area (Å²) < 4.78 is 5.41. The van der Waals surface area contributed by atoms with Gasteiger partial charge < -0.3 is 10.1 Å². The molecule has 1 aromatic carbocycles. The molecule has 0 aromatic heterocycles. The standard InChI is InChI=1S/C24H30N2O5/c1-15(2)13-20(26-22(28)18-11-7-8-12-19(18)23(26)29)24(30)31-16(3)21(27)25-14-17-9-5-4-6-10-17/h4-10,15-16,18-20H,11-14H2,1-3H3,(H,25,27)/t16-,18-,19+,20-/m0/s1. The summed E-state index contributed by atoms with van der Waals surface area (Å²) in [5.41, 5.74) is 0.927. The van der Waals surface area contributed by atoms with Crippen molar-refractivity contribution in [2.24, 2.45) is 17.8 Å². The van der Waals surface area contributed by atoms with Crippen LogP contribution in [-0.4, -0.2) is 40.7 Å². The lowest BCUT2D eigenvalue weighted by atomic mass is 9.85. The summed E-state index contributed by atoms with van der Waals surface area (Å²) in [6, 6.07) is 8.38. The monoisotopic (exact) mass is 426 g/mol. The summed E-state index contributed by atoms with van der Waals surface area (Å²) in [5, 5.41) is 2.74. The lowest BCUT2D eigenvalue weighted by Crippen LogP contribution is -2.48. The molecule has 4 atom stereocenters. The summed E-state index contributed by atoms with van der Waals surface area (Å²) in [5.74, 6) is -2.55. The Hall–Kier alpha value is -2.96. The zero-order valence-electron chi connectivity index (χ0n) is 18.2. The second-order valence-corrected chi connectivity index (χ2v) is 8.63. The van der Waals surface area contributed by atoms with E-state index in [1.54, 1.807) is 0 Å². The van der Waals surface area contributed by atoms with E-state index >= 15 is 0 Å². The molecule has 0 spiro atoms. The van der Waals surface area contributed by atoms with Gasteiger partial charge in [0.15, 0.2) is 6.10 Å². The fraction of sp³-hybridized carbons (Fsp3) is 0.500. The first-order valence-electron chi connectivity index (χ1n) is 10.8. The molecule has 31 heavy (non-hydrogen) atoms. The Kier molecular flexibility index (Phi) is 7.25. The molecule has 3 rings (SSSR count). The second-order valence-electron chi connectivity index (χ2n) is 8.63. The molecule has 1 N–H and O–H groups in total. The number of esters is 1. The zero-order valence-corrected chi connectivity index (χ0v) is 18.2. The van der Waals surface area contributed by atoms with Gasteiger partial charge in [-0.05, 0) is 37.7 Å². The molecule has 0 bridgehead atoms. The average Bonchev–Trinajstić information content (AvgIpc) is 3.01. The summed E-state index contributed by atoms with van der Waals surface area (Å²) >= 11 is 0. The van der Waals surface area contributed by atoms with Gasteiger partial charge in [0.2, 0.25) is 11.8 Å². The number of likely N-dealkylation sites (tertiary alicyclic amines) is 1. The number of rotatable bonds is 8. The van der Waals surface area contributed by atoms with E-state index < -0.39 is 35.9 Å². The van der Waals surface area contributed by atoms with Crippen LogP contribution in [0, 0.1) is 17.8 Å². The first kappa shape index (κ1) is 22.7. The van der Waals surface area contributed by atoms with Crippen molar-refractivity contribution in [1.29, 1.82) is 0 Å². The molecule has 0 saturated carbocycles. The van der Waals surface area contributed by atoms with Gasteiger partial charge in [-0.25, -0.2) is 4.79 Å². The lowest BCUT2D eigenvalue weighted by Gasteiger charge is -2.27. The third-order valence-corrected chi connectivity index (χ3v) is 5.79. The van der Waals surface area contributed by atoms with E-state index in [2.05, 4.69) is 5.32 Å². The van der Waals surface area contributed by atoms with E-state index in [0.29, 0.717) is 25.8 Å². The highest BCUT2D eigenvalue weighted by Crippen LogP contribution is 2.37. The number of carbonyl (C=O) groups is 4. The van der Waals surface area contributed by atoms with Crippen LogP contribution in [0.4, 0.5) is 0 Å². The average molecular weight is 427 g/mol. The van der Waals surface area contributed by atoms with Crippen LogP contribution >= 0.6 is 0 Å². The van der Waals surface area contributed by atoms with Crippen LogP contribution in [0.25, 0.3) is 0 Å². The van der Waals surface area contributed by atoms with Crippen LogP contribution in [0.5, 0.6) is 0 Å². The van der Waals surface area contributed by atoms with Crippen LogP contribution in [0.3, 0.4) is 0 Å². The predicted molar refractivity (Wildman–Crippen MR) is 114 cm³/mol. The Morgan fingerprint density at radius 3 is 2.16 bits per heavy atom. The molecule has 1 heterocycles. The molecule has 2 aliphatic rings. The summed E-state index contributed by atoms with van der Waals surface area (Å²) in [4.78, 5) is 52.4. The smallest absolute Gasteiger partial charge is 0.330 e. The highest BCUT2D eigenvalue weighted by Gasteiger charge is 2.51. The van der Waals surface area contributed by atoms with Gasteiger partial charge >= 0.3 is 5.97 Å². The second kappa shape index (κ2) is 9.90. The number of carbonyl (C=O) groups excluding carboxylic acids is 4. The van der Waals surface area contributed by atoms with Crippen LogP contribution < -0.4 is 5.32 Å². The minimum absolute atomic E-state index is 0.0566. The molecule has 1 fully saturated rings. The molecule has 166 valence electrons. The van der Waals surface area contributed by atoms with E-state index in [0.717, 1.165) is 10.5 Å². The van der Waals surface area contributed by atoms with Crippen LogP contribution in [-0.2, 0) is 30.5 Å². The number of imide groups is 1. The first-order valence-corrected chi connectivity index (χ1v) is 10.8. The van der Waals surface area contributed by atoms with Crippen molar-refractivity contribution >= 4 is 23.7 Å². The third-order valence-electron chi connectivity index (χ3n) is 5.79. The van der Waals surface area contributed by atoms with E-state index in [9.17, 15) is 19.2 Å². The van der Waals surface area contributed by atoms with E-state index in [4.69, 9.17) is 4.74 Å². The van der Waals surface area contributed by atoms with E-state index in [1.807, 2.05) is 56.3 Å². The maximum atomic E-state index is 13.0. The number of fused-ring (bicyclic) bond motifs is 1. The van der Waals surface area contributed by atoms with Crippen molar-refractivity contribution in [3.05, 3.63) is 48.0 Å². The van der Waals surface area contributed by atoms with Gasteiger partial charge in [-0.15, -0.1) is 0 Å². The van der Waals surface area contributed by atoms with Crippen molar-refractivity contribution in [3.8, 4) is 0 Å². The van der Waals surface area contributed by atoms with Crippen molar-refractivity contribution < 1.29 is 23.9 Å². The normalized spacial score (nSPS) is 22.3. The van der Waals surface area contributed by atoms with Crippen molar-refractivity contribution in [3.63, 3.8) is 0 Å². The number of amides is 3. The first-order chi connectivity index (χ1) is 14.8. The minimum atomic E-state index is -1.04. The molecule has 0 radical (unpaired) electrons. The predicted octanol–water partition coefficient (Wildman–Crippen LogP) is 2.60. The molecule has 1 aliphatic heterocycles. The van der Waals surface area contributed by atoms with Crippen LogP contribution in [0.1, 0.15) is 45.6 Å². The Morgan fingerprint density at radius 2 is 1.61 bits per heavy atom. The summed E-state index contributed by atoms with van der Waals surface area (Å²) in [6.45, 7) is 5.63. The fourth-order valence-corrected chi connectivity index (χ4v) is 4.12. The van der Waals surface area contributed by atoms with Gasteiger partial charge in [0, 0.05) is 6.54 Å². The maximum Gasteiger partial charge on any atom is 0.330 e. The number of nitrogens with zero attached hydrogens (tertiary/aromatic N) is 1. The lowest BCUT2D eigenvalue weighted by molar-refractivity contribution is -0.165. The third kappa shape index (κ3) is 5.21. The van der Waals surface area contributed by atoms with Gasteiger partial charge in [0.1, 0.15) is 6.04 Å². The van der Waals surface area contributed by atoms with Crippen LogP contribution in [0.15, 0.2) is 42.5 Å². The van der Waals surface area contributed by atoms with Gasteiger partial charge in [-0.2, -0.15) is 0 Å². The Balaban J connectivity index is 1.66. The largest absolute Gasteiger partial charge is 0.451 e. The number of allylic oxidation sites excluding steroid dienone is 2. The molecule has 1 aliphatic carbocycles. The van der Waals surface area contributed by atoms with Gasteiger partial charge in [0.05, 0.1) is 11.8 Å². The number of hydrogen-bond donors (Lipinski definition) is 1. The highest BCUT2D eigenvalue weighted by atomic mass is 16.5. The molecule has 1 saturated heterocycles. The van der Waals surface area contributed by atoms with Gasteiger partial charge in [-0.3, -0.25) is 19.3 Å². The molecule has 3 amide bonds. The van der Waals surface area contributed by atoms with Gasteiger partial charge in [0.25, 0.3) is 5.91 Å². The highest BCUT2D eigenvalue weighted by molar-refractivity contribution is 6.08. The molecule has 7 heteroatoms. The SMILES string of the molecule is CC(C)C[C@@H](C(=O)O[C@@H](C)C(=O)NCc1ccccc1)N1C(=O)[C@H]2CC=CC[C@H]2C1=O. The number of benzene rings is 1. The summed E-state index contributed by atoms with van der Waals surface area (Å²) in [7, 11) is 0. The number of hydrogen-bond acceptors (Lipinski definition) is 5. The van der Waals surface area contributed by atoms with Crippen molar-refractivity contribution in [2.75, 3.05) is 0 Å². The molecule has 7 nitrogen and oxygen atoms in total. The number of nitrogens with one attached hydrogen (secondary N) is 1. The quantitative estimate of drug-likeness (QED) is 0.392. The summed E-state index contributed by atoms with van der Waals surface area (Å²) in [6.07, 6.45) is 4.08. The number of ether oxygens (including phenoxy) is 1. The van der Waals surface area contributed by atoms with E-state index in [1.165, 1.54) is 6.92 Å². The van der Waals surface area contributed by atoms with Crippen molar-refractivity contribution in [2.45, 2.75) is 58.7 Å². The Bertz CT molecular complexity index is 838. The maximum absolute atomic E-state index is 13.0. The molecule has 0 unspecified atom stereocenters. The molecular formula is C24H30N2O5. The fourth-order valence-electron chi connectivity index (χ4n) is 4.12. The molecule has 1 aromatic rings. The van der Waals surface area contributed by atoms with Gasteiger partial charge in [-0.1, -0.05) is 56.3 Å². The minimum Gasteiger partial charge on any atom is -0.451 e. The van der Waals surface area contributed by atoms with Crippen molar-refractivity contribution in [1.82, 2.24) is 10.2 Å². The Morgan fingerprint density at radius 1 is 1.03 bits per heavy atom.